The summed E-state index contributed by atoms with van der Waals surface area (Å²) in [7, 11) is 3.02. The molecule has 0 aliphatic carbocycles. The Labute approximate surface area is 116 Å². The SMILES string of the molecule is COc1nccc(C)n1.COc1nccc(C=NO)n1. The fourth-order valence-electron chi connectivity index (χ4n) is 1.11. The fraction of sp³-hybridized carbons (Fsp3) is 0.250. The Morgan fingerprint density at radius 3 is 2.15 bits per heavy atom. The van der Waals surface area contributed by atoms with Crippen molar-refractivity contribution in [2.45, 2.75) is 6.92 Å². The molecule has 0 saturated carbocycles. The Morgan fingerprint density at radius 2 is 1.65 bits per heavy atom. The number of aryl methyl sites for hydroxylation is 1. The van der Waals surface area contributed by atoms with Crippen LogP contribution in [0.1, 0.15) is 11.4 Å². The van der Waals surface area contributed by atoms with Gasteiger partial charge in [0, 0.05) is 18.1 Å². The Morgan fingerprint density at radius 1 is 1.05 bits per heavy atom. The number of aromatic nitrogens is 4. The highest BCUT2D eigenvalue weighted by Gasteiger charge is 1.94. The molecule has 20 heavy (non-hydrogen) atoms. The van der Waals surface area contributed by atoms with Gasteiger partial charge in [-0.05, 0) is 19.1 Å². The predicted octanol–water partition coefficient (Wildman–Crippen LogP) is 1.09. The normalized spacial score (nSPS) is 9.75. The van der Waals surface area contributed by atoms with Crippen molar-refractivity contribution in [1.29, 1.82) is 0 Å². The molecular formula is C12H15N5O3. The molecule has 1 N–H and O–H groups in total. The number of oxime groups is 1. The first-order valence-corrected chi connectivity index (χ1v) is 5.57. The fourth-order valence-corrected chi connectivity index (χ4v) is 1.11. The third kappa shape index (κ3) is 5.25. The lowest BCUT2D eigenvalue weighted by Gasteiger charge is -1.95. The van der Waals surface area contributed by atoms with E-state index in [-0.39, 0.29) is 6.01 Å². The Hall–Kier alpha value is -2.77. The van der Waals surface area contributed by atoms with Crippen molar-refractivity contribution in [2.24, 2.45) is 5.16 Å². The molecule has 0 aliphatic rings. The molecule has 2 aromatic heterocycles. The van der Waals surface area contributed by atoms with Crippen molar-refractivity contribution in [3.63, 3.8) is 0 Å². The minimum Gasteiger partial charge on any atom is -0.467 e. The van der Waals surface area contributed by atoms with Crippen molar-refractivity contribution >= 4 is 6.21 Å². The first-order valence-electron chi connectivity index (χ1n) is 5.57. The van der Waals surface area contributed by atoms with Crippen molar-refractivity contribution in [2.75, 3.05) is 14.2 Å². The summed E-state index contributed by atoms with van der Waals surface area (Å²) in [5.41, 5.74) is 1.42. The second-order valence-electron chi connectivity index (χ2n) is 3.40. The first-order chi connectivity index (χ1) is 9.69. The van der Waals surface area contributed by atoms with E-state index < -0.39 is 0 Å². The summed E-state index contributed by atoms with van der Waals surface area (Å²) in [5.74, 6) is 0. The van der Waals surface area contributed by atoms with Crippen LogP contribution in [0.2, 0.25) is 0 Å². The van der Waals surface area contributed by atoms with Gasteiger partial charge in [-0.2, -0.15) is 4.98 Å². The third-order valence-corrected chi connectivity index (χ3v) is 1.98. The van der Waals surface area contributed by atoms with Gasteiger partial charge in [0.25, 0.3) is 0 Å². The molecule has 2 heterocycles. The molecule has 0 atom stereocenters. The van der Waals surface area contributed by atoms with Crippen LogP contribution in [0.5, 0.6) is 12.0 Å². The molecule has 0 spiro atoms. The van der Waals surface area contributed by atoms with Crippen molar-refractivity contribution < 1.29 is 14.7 Å². The molecular weight excluding hydrogens is 262 g/mol. The minimum atomic E-state index is 0.252. The van der Waals surface area contributed by atoms with E-state index in [1.165, 1.54) is 19.5 Å². The smallest absolute Gasteiger partial charge is 0.316 e. The van der Waals surface area contributed by atoms with E-state index in [9.17, 15) is 0 Å². The average Bonchev–Trinajstić information content (AvgIpc) is 2.48. The molecule has 0 amide bonds. The quantitative estimate of drug-likeness (QED) is 0.508. The molecule has 8 nitrogen and oxygen atoms in total. The van der Waals surface area contributed by atoms with Crippen LogP contribution in [0.3, 0.4) is 0 Å². The van der Waals surface area contributed by atoms with Gasteiger partial charge in [0.1, 0.15) is 0 Å². The minimum absolute atomic E-state index is 0.252. The maximum absolute atomic E-state index is 8.15. The lowest BCUT2D eigenvalue weighted by Crippen LogP contribution is -1.94. The largest absolute Gasteiger partial charge is 0.467 e. The maximum Gasteiger partial charge on any atom is 0.316 e. The molecule has 0 saturated heterocycles. The van der Waals surface area contributed by atoms with E-state index >= 15 is 0 Å². The monoisotopic (exact) mass is 277 g/mol. The molecule has 0 bridgehead atoms. The predicted molar refractivity (Wildman–Crippen MR) is 71.3 cm³/mol. The Balaban J connectivity index is 0.000000204. The molecule has 106 valence electrons. The number of hydrogen-bond donors (Lipinski definition) is 1. The van der Waals surface area contributed by atoms with Gasteiger partial charge in [-0.1, -0.05) is 5.16 Å². The van der Waals surface area contributed by atoms with Crippen molar-refractivity contribution in [3.8, 4) is 12.0 Å². The summed E-state index contributed by atoms with van der Waals surface area (Å²) in [6.07, 6.45) is 4.38. The standard InChI is InChI=1S/C6H7N3O2.C6H8N2O/c1-11-6-7-3-2-5(9-6)4-8-10;1-5-3-4-7-6(8-5)9-2/h2-4,10H,1H3;3-4H,1-2H3. The van der Waals surface area contributed by atoms with Gasteiger partial charge < -0.3 is 14.7 Å². The second-order valence-corrected chi connectivity index (χ2v) is 3.40. The van der Waals surface area contributed by atoms with Gasteiger partial charge in [-0.15, -0.1) is 0 Å². The number of nitrogens with zero attached hydrogens (tertiary/aromatic N) is 5. The molecule has 0 fully saturated rings. The number of rotatable bonds is 3. The maximum atomic E-state index is 8.15. The molecule has 2 rings (SSSR count). The molecule has 8 heteroatoms. The van der Waals surface area contributed by atoms with Crippen LogP contribution < -0.4 is 9.47 Å². The zero-order valence-corrected chi connectivity index (χ0v) is 11.4. The zero-order chi connectivity index (χ0) is 14.8. The first kappa shape index (κ1) is 15.3. The average molecular weight is 277 g/mol. The zero-order valence-electron chi connectivity index (χ0n) is 11.4. The third-order valence-electron chi connectivity index (χ3n) is 1.98. The highest BCUT2D eigenvalue weighted by Crippen LogP contribution is 1.99. The van der Waals surface area contributed by atoms with Crippen LogP contribution in [-0.4, -0.2) is 45.6 Å². The molecule has 0 aromatic carbocycles. The number of hydrogen-bond acceptors (Lipinski definition) is 8. The van der Waals surface area contributed by atoms with Gasteiger partial charge >= 0.3 is 12.0 Å². The topological polar surface area (TPSA) is 103 Å². The summed E-state index contributed by atoms with van der Waals surface area (Å²) < 4.78 is 9.51. The van der Waals surface area contributed by atoms with Gasteiger partial charge in [0.05, 0.1) is 26.1 Å². The van der Waals surface area contributed by atoms with Crippen LogP contribution in [0.25, 0.3) is 0 Å². The lowest BCUT2D eigenvalue weighted by molar-refractivity contribution is 0.321. The highest BCUT2D eigenvalue weighted by atomic mass is 16.5. The van der Waals surface area contributed by atoms with Gasteiger partial charge in [-0.3, -0.25) is 0 Å². The molecule has 0 aliphatic heterocycles. The summed E-state index contributed by atoms with van der Waals surface area (Å²) in [6.45, 7) is 1.89. The van der Waals surface area contributed by atoms with Crippen molar-refractivity contribution in [1.82, 2.24) is 19.9 Å². The highest BCUT2D eigenvalue weighted by molar-refractivity contribution is 5.76. The van der Waals surface area contributed by atoms with Gasteiger partial charge in [0.15, 0.2) is 0 Å². The Kier molecular flexibility index (Phi) is 6.38. The number of methoxy groups -OCH3 is 2. The summed E-state index contributed by atoms with van der Waals surface area (Å²) >= 11 is 0. The lowest BCUT2D eigenvalue weighted by atomic mass is 10.4. The summed E-state index contributed by atoms with van der Waals surface area (Å²) in [5, 5.41) is 11.0. The van der Waals surface area contributed by atoms with E-state index in [4.69, 9.17) is 14.7 Å². The summed E-state index contributed by atoms with van der Waals surface area (Å²) in [6, 6.07) is 4.10. The van der Waals surface area contributed by atoms with Gasteiger partial charge in [0.2, 0.25) is 0 Å². The van der Waals surface area contributed by atoms with Crippen LogP contribution in [0, 0.1) is 6.92 Å². The van der Waals surface area contributed by atoms with E-state index in [0.29, 0.717) is 11.7 Å². The van der Waals surface area contributed by atoms with E-state index in [0.717, 1.165) is 5.69 Å². The van der Waals surface area contributed by atoms with E-state index in [1.54, 1.807) is 19.4 Å². The van der Waals surface area contributed by atoms with Crippen LogP contribution in [0.15, 0.2) is 29.7 Å². The van der Waals surface area contributed by atoms with Crippen LogP contribution in [-0.2, 0) is 0 Å². The van der Waals surface area contributed by atoms with E-state index in [1.807, 2.05) is 13.0 Å². The Bertz CT molecular complexity index is 562. The van der Waals surface area contributed by atoms with Crippen LogP contribution >= 0.6 is 0 Å². The van der Waals surface area contributed by atoms with Crippen molar-refractivity contribution in [3.05, 3.63) is 35.9 Å². The van der Waals surface area contributed by atoms with E-state index in [2.05, 4.69) is 25.1 Å². The van der Waals surface area contributed by atoms with Crippen LogP contribution in [0.4, 0.5) is 0 Å². The molecule has 0 unspecified atom stereocenters. The van der Waals surface area contributed by atoms with Gasteiger partial charge in [-0.25, -0.2) is 15.0 Å². The molecule has 0 radical (unpaired) electrons. The molecule has 2 aromatic rings. The second kappa shape index (κ2) is 8.35. The number of ether oxygens (including phenoxy) is 2. The summed E-state index contributed by atoms with van der Waals surface area (Å²) in [4.78, 5) is 15.4.